The molecule has 0 fully saturated rings. The van der Waals surface area contributed by atoms with Crippen LogP contribution in [0.3, 0.4) is 0 Å². The highest BCUT2D eigenvalue weighted by molar-refractivity contribution is 5.76. The van der Waals surface area contributed by atoms with Crippen LogP contribution < -0.4 is 10.1 Å². The van der Waals surface area contributed by atoms with Crippen molar-refractivity contribution < 1.29 is 9.53 Å². The normalized spacial score (nSPS) is 10.9. The van der Waals surface area contributed by atoms with Gasteiger partial charge in [-0.15, -0.1) is 6.58 Å². The second kappa shape index (κ2) is 14.0. The summed E-state index contributed by atoms with van der Waals surface area (Å²) in [7, 11) is 0. The lowest BCUT2D eigenvalue weighted by atomic mass is 10.1. The molecule has 0 saturated carbocycles. The first kappa shape index (κ1) is 26.2. The molecular weight excluding hydrogens is 458 g/mol. The maximum absolute atomic E-state index is 12.1. The number of amides is 1. The van der Waals surface area contributed by atoms with Crippen LogP contribution in [0.15, 0.2) is 91.5 Å². The molecule has 4 aromatic rings. The van der Waals surface area contributed by atoms with E-state index in [1.165, 1.54) is 5.56 Å². The number of allylic oxidation sites excluding steroid dienone is 1. The summed E-state index contributed by atoms with van der Waals surface area (Å²) in [6, 6.07) is 26.6. The maximum atomic E-state index is 12.1. The zero-order valence-corrected chi connectivity index (χ0v) is 21.6. The number of nitrogens with zero attached hydrogens (tertiary/aromatic N) is 2. The molecule has 0 radical (unpaired) electrons. The number of hydrogen-bond acceptors (Lipinski definition) is 3. The highest BCUT2D eigenvalue weighted by atomic mass is 16.5. The first-order valence-corrected chi connectivity index (χ1v) is 13.3. The second-order valence-corrected chi connectivity index (χ2v) is 9.26. The zero-order chi connectivity index (χ0) is 25.7. The zero-order valence-electron chi connectivity index (χ0n) is 21.6. The second-order valence-electron chi connectivity index (χ2n) is 9.26. The number of imidazole rings is 1. The topological polar surface area (TPSA) is 56.1 Å². The van der Waals surface area contributed by atoms with Gasteiger partial charge in [0.2, 0.25) is 5.91 Å². The monoisotopic (exact) mass is 495 g/mol. The van der Waals surface area contributed by atoms with Crippen molar-refractivity contribution in [3.05, 3.63) is 108 Å². The minimum absolute atomic E-state index is 0.125. The molecule has 0 spiro atoms. The number of fused-ring (bicyclic) bond motifs is 1. The first-order valence-electron chi connectivity index (χ1n) is 13.3. The summed E-state index contributed by atoms with van der Waals surface area (Å²) in [6.07, 6.45) is 7.98. The summed E-state index contributed by atoms with van der Waals surface area (Å²) >= 11 is 0. The Labute approximate surface area is 220 Å². The van der Waals surface area contributed by atoms with Gasteiger partial charge in [0.05, 0.1) is 17.6 Å². The predicted molar refractivity (Wildman–Crippen MR) is 151 cm³/mol. The summed E-state index contributed by atoms with van der Waals surface area (Å²) in [5.41, 5.74) is 4.52. The molecule has 3 aromatic carbocycles. The van der Waals surface area contributed by atoms with Crippen LogP contribution in [0.2, 0.25) is 0 Å². The smallest absolute Gasteiger partial charge is 0.220 e. The number of unbranched alkanes of at least 4 members (excludes halogenated alkanes) is 2. The molecule has 5 heteroatoms. The van der Waals surface area contributed by atoms with Gasteiger partial charge in [-0.05, 0) is 55.0 Å². The van der Waals surface area contributed by atoms with Crippen molar-refractivity contribution >= 4 is 16.9 Å². The van der Waals surface area contributed by atoms with E-state index in [9.17, 15) is 4.79 Å². The molecule has 0 aliphatic heterocycles. The number of carbonyl (C=O) groups excluding carboxylic acids is 1. The summed E-state index contributed by atoms with van der Waals surface area (Å²) in [5, 5.41) is 3.06. The van der Waals surface area contributed by atoms with Gasteiger partial charge in [-0.25, -0.2) is 4.98 Å². The maximum Gasteiger partial charge on any atom is 0.220 e. The highest BCUT2D eigenvalue weighted by Crippen LogP contribution is 2.21. The number of carbonyl (C=O) groups is 1. The fourth-order valence-corrected chi connectivity index (χ4v) is 4.59. The summed E-state index contributed by atoms with van der Waals surface area (Å²) in [6.45, 7) is 5.90. The number of nitrogens with one attached hydrogen (secondary N) is 1. The van der Waals surface area contributed by atoms with Crippen molar-refractivity contribution in [1.29, 1.82) is 0 Å². The molecule has 0 aliphatic carbocycles. The summed E-state index contributed by atoms with van der Waals surface area (Å²) in [4.78, 5) is 17.0. The number of hydrogen-bond donors (Lipinski definition) is 1. The van der Waals surface area contributed by atoms with Gasteiger partial charge >= 0.3 is 0 Å². The number of ether oxygens (including phenoxy) is 1. The van der Waals surface area contributed by atoms with E-state index in [2.05, 4.69) is 52.9 Å². The molecular formula is C32H37N3O2. The Balaban J connectivity index is 1.23. The Hall–Kier alpha value is -3.86. The van der Waals surface area contributed by atoms with E-state index in [0.717, 1.165) is 79.8 Å². The molecule has 1 aromatic heterocycles. The minimum Gasteiger partial charge on any atom is -0.491 e. The lowest BCUT2D eigenvalue weighted by Crippen LogP contribution is -2.24. The molecule has 192 valence electrons. The Morgan fingerprint density at radius 3 is 2.57 bits per heavy atom. The first-order chi connectivity index (χ1) is 18.2. The molecule has 0 aliphatic rings. The van der Waals surface area contributed by atoms with Crippen LogP contribution >= 0.6 is 0 Å². The lowest BCUT2D eigenvalue weighted by molar-refractivity contribution is -0.121. The number of para-hydroxylation sites is 3. The third-order valence-corrected chi connectivity index (χ3v) is 6.53. The van der Waals surface area contributed by atoms with Crippen molar-refractivity contribution in [3.8, 4) is 5.75 Å². The molecule has 1 heterocycles. The van der Waals surface area contributed by atoms with E-state index in [-0.39, 0.29) is 5.91 Å². The standard InChI is InChI=1S/C32H37N3O2/c1-2-13-27-16-8-11-19-30(27)37-25-24-35-29-18-10-9-17-28(29)34-31(35)20-7-4-12-23-33-32(36)22-21-26-14-5-3-6-15-26/h2-3,5-6,8-11,14-19H,1,4,7,12-13,20-25H2,(H,33,36). The van der Waals surface area contributed by atoms with Gasteiger partial charge in [0.25, 0.3) is 0 Å². The van der Waals surface area contributed by atoms with E-state index in [1.54, 1.807) is 0 Å². The Morgan fingerprint density at radius 1 is 0.919 bits per heavy atom. The molecule has 4 rings (SSSR count). The van der Waals surface area contributed by atoms with Gasteiger partial charge in [-0.2, -0.15) is 0 Å². The Kier molecular flexibility index (Phi) is 9.94. The van der Waals surface area contributed by atoms with Crippen LogP contribution in [0.4, 0.5) is 0 Å². The van der Waals surface area contributed by atoms with Crippen molar-refractivity contribution in [2.45, 2.75) is 51.5 Å². The van der Waals surface area contributed by atoms with Crippen molar-refractivity contribution in [1.82, 2.24) is 14.9 Å². The average molecular weight is 496 g/mol. The molecule has 5 nitrogen and oxygen atoms in total. The number of benzene rings is 3. The Bertz CT molecular complexity index is 1280. The third kappa shape index (κ3) is 7.81. The van der Waals surface area contributed by atoms with Crippen molar-refractivity contribution in [2.75, 3.05) is 13.2 Å². The van der Waals surface area contributed by atoms with Gasteiger partial charge < -0.3 is 14.6 Å². The molecule has 0 bridgehead atoms. The average Bonchev–Trinajstić information content (AvgIpc) is 3.28. The van der Waals surface area contributed by atoms with Crippen LogP contribution in [0.1, 0.15) is 42.6 Å². The molecule has 0 unspecified atom stereocenters. The Morgan fingerprint density at radius 2 is 1.70 bits per heavy atom. The van der Waals surface area contributed by atoms with Crippen molar-refractivity contribution in [2.24, 2.45) is 0 Å². The number of aryl methyl sites for hydroxylation is 2. The van der Waals surface area contributed by atoms with Crippen LogP contribution in [0.5, 0.6) is 5.75 Å². The molecule has 0 saturated heterocycles. The van der Waals surface area contributed by atoms with E-state index < -0.39 is 0 Å². The number of rotatable bonds is 15. The van der Waals surface area contributed by atoms with Crippen molar-refractivity contribution in [3.63, 3.8) is 0 Å². The quantitative estimate of drug-likeness (QED) is 0.155. The molecule has 37 heavy (non-hydrogen) atoms. The summed E-state index contributed by atoms with van der Waals surface area (Å²) in [5.74, 6) is 2.13. The predicted octanol–water partition coefficient (Wildman–Crippen LogP) is 6.31. The molecule has 1 amide bonds. The molecule has 0 atom stereocenters. The van der Waals surface area contributed by atoms with Gasteiger partial charge in [0, 0.05) is 19.4 Å². The van der Waals surface area contributed by atoms with Gasteiger partial charge in [-0.3, -0.25) is 4.79 Å². The van der Waals surface area contributed by atoms with E-state index in [4.69, 9.17) is 9.72 Å². The van der Waals surface area contributed by atoms with Gasteiger partial charge in [0.15, 0.2) is 0 Å². The van der Waals surface area contributed by atoms with Crippen LogP contribution in [-0.4, -0.2) is 28.6 Å². The number of aromatic nitrogens is 2. The van der Waals surface area contributed by atoms with Crippen LogP contribution in [0.25, 0.3) is 11.0 Å². The lowest BCUT2D eigenvalue weighted by Gasteiger charge is -2.13. The van der Waals surface area contributed by atoms with E-state index >= 15 is 0 Å². The van der Waals surface area contributed by atoms with Crippen LogP contribution in [0, 0.1) is 0 Å². The fraction of sp³-hybridized carbons (Fsp3) is 0.312. The van der Waals surface area contributed by atoms with Gasteiger partial charge in [-0.1, -0.05) is 73.2 Å². The van der Waals surface area contributed by atoms with E-state index in [1.807, 2.05) is 48.5 Å². The fourth-order valence-electron chi connectivity index (χ4n) is 4.59. The van der Waals surface area contributed by atoms with Gasteiger partial charge in [0.1, 0.15) is 18.2 Å². The molecule has 1 N–H and O–H groups in total. The summed E-state index contributed by atoms with van der Waals surface area (Å²) < 4.78 is 8.45. The van der Waals surface area contributed by atoms with E-state index in [0.29, 0.717) is 13.0 Å². The largest absolute Gasteiger partial charge is 0.491 e. The van der Waals surface area contributed by atoms with Crippen LogP contribution in [-0.2, 0) is 30.6 Å². The SMILES string of the molecule is C=CCc1ccccc1OCCn1c(CCCCCNC(=O)CCc2ccccc2)nc2ccccc21. The third-order valence-electron chi connectivity index (χ3n) is 6.53. The highest BCUT2D eigenvalue weighted by Gasteiger charge is 2.11. The minimum atomic E-state index is 0.125.